The van der Waals surface area contributed by atoms with Crippen molar-refractivity contribution in [3.05, 3.63) is 102 Å². The molecule has 1 atom stereocenters. The molecule has 0 aliphatic heterocycles. The Hall–Kier alpha value is -4.00. The van der Waals surface area contributed by atoms with Crippen molar-refractivity contribution in [1.82, 2.24) is 5.32 Å². The van der Waals surface area contributed by atoms with Gasteiger partial charge in [-0.3, -0.25) is 14.4 Å². The van der Waals surface area contributed by atoms with Gasteiger partial charge in [0, 0.05) is 17.8 Å². The molecule has 0 aliphatic carbocycles. The molecular weight excluding hydrogens is 411 g/mol. The van der Waals surface area contributed by atoms with E-state index < -0.39 is 23.8 Å². The molecule has 164 valence electrons. The molecule has 6 nitrogen and oxygen atoms in total. The summed E-state index contributed by atoms with van der Waals surface area (Å²) in [4.78, 5) is 37.2. The standard InChI is InChI=1S/C25H23FN2O4/c26-20-11-13-21(14-12-20)28-25(31)24(19-9-5-2-6-10-19)32-23(30)15-16-27-22(29)17-18-7-3-1-4-8-18/h1-14,24H,15-17H2,(H,27,29)(H,28,31). The molecule has 0 aliphatic rings. The van der Waals surface area contributed by atoms with E-state index in [1.54, 1.807) is 30.3 Å². The van der Waals surface area contributed by atoms with Crippen LogP contribution in [0, 0.1) is 5.82 Å². The van der Waals surface area contributed by atoms with E-state index in [1.165, 1.54) is 24.3 Å². The van der Waals surface area contributed by atoms with Crippen molar-refractivity contribution in [2.75, 3.05) is 11.9 Å². The monoisotopic (exact) mass is 434 g/mol. The van der Waals surface area contributed by atoms with Gasteiger partial charge in [-0.25, -0.2) is 4.39 Å². The third-order valence-corrected chi connectivity index (χ3v) is 4.56. The molecule has 0 saturated carbocycles. The second-order valence-corrected chi connectivity index (χ2v) is 7.04. The molecule has 2 amide bonds. The molecule has 0 spiro atoms. The molecule has 32 heavy (non-hydrogen) atoms. The quantitative estimate of drug-likeness (QED) is 0.502. The molecule has 0 radical (unpaired) electrons. The highest BCUT2D eigenvalue weighted by Crippen LogP contribution is 2.21. The van der Waals surface area contributed by atoms with E-state index in [2.05, 4.69) is 10.6 Å². The Morgan fingerprint density at radius 2 is 1.47 bits per heavy atom. The molecule has 0 heterocycles. The Morgan fingerprint density at radius 1 is 0.844 bits per heavy atom. The summed E-state index contributed by atoms with van der Waals surface area (Å²) >= 11 is 0. The molecule has 2 N–H and O–H groups in total. The Labute approximate surface area is 185 Å². The second-order valence-electron chi connectivity index (χ2n) is 7.04. The van der Waals surface area contributed by atoms with Crippen LogP contribution in [0.3, 0.4) is 0 Å². The number of esters is 1. The van der Waals surface area contributed by atoms with Gasteiger partial charge in [0.15, 0.2) is 0 Å². The van der Waals surface area contributed by atoms with Gasteiger partial charge in [-0.05, 0) is 29.8 Å². The topological polar surface area (TPSA) is 84.5 Å². The number of halogens is 1. The summed E-state index contributed by atoms with van der Waals surface area (Å²) in [5, 5.41) is 5.30. The van der Waals surface area contributed by atoms with Gasteiger partial charge < -0.3 is 15.4 Å². The minimum Gasteiger partial charge on any atom is -0.447 e. The third kappa shape index (κ3) is 7.05. The Morgan fingerprint density at radius 3 is 2.12 bits per heavy atom. The second kappa shape index (κ2) is 11.4. The molecule has 1 unspecified atom stereocenters. The summed E-state index contributed by atoms with van der Waals surface area (Å²) in [6.45, 7) is 0.0889. The van der Waals surface area contributed by atoms with Gasteiger partial charge in [-0.1, -0.05) is 60.7 Å². The molecule has 3 aromatic carbocycles. The van der Waals surface area contributed by atoms with E-state index in [0.29, 0.717) is 11.3 Å². The van der Waals surface area contributed by atoms with Gasteiger partial charge in [0.25, 0.3) is 5.91 Å². The van der Waals surface area contributed by atoms with Gasteiger partial charge in [0.05, 0.1) is 12.8 Å². The van der Waals surface area contributed by atoms with Crippen LogP contribution in [0.1, 0.15) is 23.7 Å². The van der Waals surface area contributed by atoms with E-state index in [1.807, 2.05) is 30.3 Å². The zero-order valence-corrected chi connectivity index (χ0v) is 17.3. The number of anilines is 1. The number of hydrogen-bond donors (Lipinski definition) is 2. The maximum atomic E-state index is 13.1. The largest absolute Gasteiger partial charge is 0.447 e. The lowest BCUT2D eigenvalue weighted by molar-refractivity contribution is -0.154. The Bertz CT molecular complexity index is 1040. The van der Waals surface area contributed by atoms with Gasteiger partial charge >= 0.3 is 5.97 Å². The fourth-order valence-electron chi connectivity index (χ4n) is 2.98. The number of rotatable bonds is 9. The number of nitrogens with one attached hydrogen (secondary N) is 2. The summed E-state index contributed by atoms with van der Waals surface area (Å²) in [6.07, 6.45) is -1.06. The van der Waals surface area contributed by atoms with Crippen LogP contribution in [0.5, 0.6) is 0 Å². The normalized spacial score (nSPS) is 11.3. The van der Waals surface area contributed by atoms with Crippen molar-refractivity contribution < 1.29 is 23.5 Å². The van der Waals surface area contributed by atoms with E-state index >= 15 is 0 Å². The van der Waals surface area contributed by atoms with Crippen LogP contribution in [0.15, 0.2) is 84.9 Å². The number of carbonyl (C=O) groups excluding carboxylic acids is 3. The minimum atomic E-state index is -1.19. The van der Waals surface area contributed by atoms with Crippen LogP contribution >= 0.6 is 0 Å². The summed E-state index contributed by atoms with van der Waals surface area (Å²) in [5.74, 6) is -1.83. The van der Waals surface area contributed by atoms with Crippen molar-refractivity contribution in [3.8, 4) is 0 Å². The van der Waals surface area contributed by atoms with Gasteiger partial charge in [0.1, 0.15) is 5.82 Å². The lowest BCUT2D eigenvalue weighted by atomic mass is 10.1. The molecule has 3 rings (SSSR count). The van der Waals surface area contributed by atoms with E-state index in [0.717, 1.165) is 5.56 Å². The highest BCUT2D eigenvalue weighted by Gasteiger charge is 2.25. The number of ether oxygens (including phenoxy) is 1. The van der Waals surface area contributed by atoms with Gasteiger partial charge in [0.2, 0.25) is 12.0 Å². The smallest absolute Gasteiger partial charge is 0.308 e. The van der Waals surface area contributed by atoms with Crippen LogP contribution in [-0.4, -0.2) is 24.3 Å². The summed E-state index contributed by atoms with van der Waals surface area (Å²) in [7, 11) is 0. The highest BCUT2D eigenvalue weighted by atomic mass is 19.1. The Kier molecular flexibility index (Phi) is 8.09. The van der Waals surface area contributed by atoms with Crippen molar-refractivity contribution in [3.63, 3.8) is 0 Å². The summed E-state index contributed by atoms with van der Waals surface area (Å²) < 4.78 is 18.5. The number of amides is 2. The zero-order valence-electron chi connectivity index (χ0n) is 17.3. The fourth-order valence-corrected chi connectivity index (χ4v) is 2.98. The van der Waals surface area contributed by atoms with E-state index in [-0.39, 0.29) is 25.3 Å². The SMILES string of the molecule is O=C(Cc1ccccc1)NCCC(=O)OC(C(=O)Nc1ccc(F)cc1)c1ccccc1. The fraction of sp³-hybridized carbons (Fsp3) is 0.160. The van der Waals surface area contributed by atoms with Gasteiger partial charge in [-0.2, -0.15) is 0 Å². The lowest BCUT2D eigenvalue weighted by Crippen LogP contribution is -2.30. The average Bonchev–Trinajstić information content (AvgIpc) is 2.80. The van der Waals surface area contributed by atoms with Crippen molar-refractivity contribution in [2.24, 2.45) is 0 Å². The van der Waals surface area contributed by atoms with Crippen LogP contribution in [0.25, 0.3) is 0 Å². The predicted octanol–water partition coefficient (Wildman–Crippen LogP) is 3.80. The molecule has 0 aromatic heterocycles. The zero-order chi connectivity index (χ0) is 22.8. The number of hydrogen-bond acceptors (Lipinski definition) is 4. The molecule has 3 aromatic rings. The van der Waals surface area contributed by atoms with Crippen LogP contribution in [-0.2, 0) is 25.5 Å². The van der Waals surface area contributed by atoms with Crippen LogP contribution in [0.4, 0.5) is 10.1 Å². The molecule has 0 fully saturated rings. The van der Waals surface area contributed by atoms with Crippen LogP contribution in [0.2, 0.25) is 0 Å². The van der Waals surface area contributed by atoms with Gasteiger partial charge in [-0.15, -0.1) is 0 Å². The van der Waals surface area contributed by atoms with Crippen molar-refractivity contribution >= 4 is 23.5 Å². The first-order valence-corrected chi connectivity index (χ1v) is 10.1. The first kappa shape index (κ1) is 22.7. The summed E-state index contributed by atoms with van der Waals surface area (Å²) in [5.41, 5.74) is 1.74. The molecular formula is C25H23FN2O4. The first-order valence-electron chi connectivity index (χ1n) is 10.1. The Balaban J connectivity index is 1.55. The number of benzene rings is 3. The van der Waals surface area contributed by atoms with Crippen molar-refractivity contribution in [2.45, 2.75) is 18.9 Å². The van der Waals surface area contributed by atoms with E-state index in [4.69, 9.17) is 4.74 Å². The molecule has 0 bridgehead atoms. The lowest BCUT2D eigenvalue weighted by Gasteiger charge is -2.18. The predicted molar refractivity (Wildman–Crippen MR) is 118 cm³/mol. The van der Waals surface area contributed by atoms with Crippen LogP contribution < -0.4 is 10.6 Å². The van der Waals surface area contributed by atoms with Crippen molar-refractivity contribution in [1.29, 1.82) is 0 Å². The first-order chi connectivity index (χ1) is 15.5. The highest BCUT2D eigenvalue weighted by molar-refractivity contribution is 5.96. The molecule has 0 saturated heterocycles. The minimum absolute atomic E-state index is 0.0889. The maximum absolute atomic E-state index is 13.1. The third-order valence-electron chi connectivity index (χ3n) is 4.56. The summed E-state index contributed by atoms with van der Waals surface area (Å²) in [6, 6.07) is 23.1. The maximum Gasteiger partial charge on any atom is 0.308 e. The van der Waals surface area contributed by atoms with E-state index in [9.17, 15) is 18.8 Å². The number of carbonyl (C=O) groups is 3. The molecule has 7 heteroatoms. The average molecular weight is 434 g/mol.